The Morgan fingerprint density at radius 2 is 2.24 bits per heavy atom. The number of nitrogens with one attached hydrogen (secondary N) is 1. The summed E-state index contributed by atoms with van der Waals surface area (Å²) in [5, 5.41) is 12.1. The number of hydrogen-bond donors (Lipinski definition) is 1. The highest BCUT2D eigenvalue weighted by Gasteiger charge is 2.05. The lowest BCUT2D eigenvalue weighted by Gasteiger charge is -2.13. The minimum atomic E-state index is -0.770. The summed E-state index contributed by atoms with van der Waals surface area (Å²) in [6, 6.07) is 8.04. The third-order valence-electron chi connectivity index (χ3n) is 2.60. The first-order valence-electron chi connectivity index (χ1n) is 5.56. The zero-order valence-electron chi connectivity index (χ0n) is 10.5. The van der Waals surface area contributed by atoms with Gasteiger partial charge in [0.25, 0.3) is 0 Å². The maximum absolute atomic E-state index is 11.1. The van der Waals surface area contributed by atoms with Crippen molar-refractivity contribution in [3.05, 3.63) is 34.9 Å². The molecular formula is C13H18N2OS. The summed E-state index contributed by atoms with van der Waals surface area (Å²) in [6.45, 7) is 4.77. The highest BCUT2D eigenvalue weighted by Crippen LogP contribution is 2.10. The van der Waals surface area contributed by atoms with Crippen LogP contribution in [0.1, 0.15) is 23.6 Å². The number of hydrogen-bond acceptors (Lipinski definition) is 3. The molecule has 92 valence electrons. The first-order valence-corrected chi connectivity index (χ1v) is 7.28. The lowest BCUT2D eigenvalue weighted by Crippen LogP contribution is -2.30. The Balaban J connectivity index is 2.58. The van der Waals surface area contributed by atoms with Crippen LogP contribution in [0.25, 0.3) is 0 Å². The van der Waals surface area contributed by atoms with Crippen LogP contribution in [-0.2, 0) is 17.3 Å². The second-order valence-electron chi connectivity index (χ2n) is 4.27. The van der Waals surface area contributed by atoms with Crippen LogP contribution in [0.5, 0.6) is 0 Å². The lowest BCUT2D eigenvalue weighted by molar-refractivity contribution is 0.586. The Kier molecular flexibility index (Phi) is 5.33. The molecule has 0 bridgehead atoms. The van der Waals surface area contributed by atoms with Crippen LogP contribution >= 0.6 is 0 Å². The maximum atomic E-state index is 11.1. The van der Waals surface area contributed by atoms with Crippen LogP contribution < -0.4 is 5.32 Å². The van der Waals surface area contributed by atoms with E-state index in [0.717, 1.165) is 12.1 Å². The lowest BCUT2D eigenvalue weighted by atomic mass is 10.1. The molecule has 0 fully saturated rings. The first kappa shape index (κ1) is 13.9. The minimum Gasteiger partial charge on any atom is -0.309 e. The molecule has 0 aromatic heterocycles. The predicted octanol–water partition coefficient (Wildman–Crippen LogP) is 1.72. The molecule has 0 amide bonds. The molecule has 1 aromatic rings. The van der Waals surface area contributed by atoms with E-state index >= 15 is 0 Å². The van der Waals surface area contributed by atoms with E-state index in [0.29, 0.717) is 11.3 Å². The molecule has 2 unspecified atom stereocenters. The zero-order chi connectivity index (χ0) is 12.8. The van der Waals surface area contributed by atoms with E-state index in [-0.39, 0.29) is 6.04 Å². The van der Waals surface area contributed by atoms with Crippen LogP contribution in [0.2, 0.25) is 0 Å². The quantitative estimate of drug-likeness (QED) is 0.865. The van der Waals surface area contributed by atoms with E-state index in [2.05, 4.69) is 11.4 Å². The van der Waals surface area contributed by atoms with Crippen LogP contribution in [0.3, 0.4) is 0 Å². The van der Waals surface area contributed by atoms with Gasteiger partial charge >= 0.3 is 0 Å². The van der Waals surface area contributed by atoms with Crippen LogP contribution in [0.15, 0.2) is 18.2 Å². The standard InChI is InChI=1S/C13H18N2OS/c1-10-6-12(7-14)4-5-13(10)8-15-11(2)9-17(3)16/h4-6,11,15H,8-9H2,1-3H3. The average Bonchev–Trinajstić information content (AvgIpc) is 2.26. The monoisotopic (exact) mass is 250 g/mol. The summed E-state index contributed by atoms with van der Waals surface area (Å²) >= 11 is 0. The number of nitriles is 1. The highest BCUT2D eigenvalue weighted by molar-refractivity contribution is 7.84. The van der Waals surface area contributed by atoms with Crippen molar-refractivity contribution in [2.75, 3.05) is 12.0 Å². The van der Waals surface area contributed by atoms with Crippen molar-refractivity contribution in [1.82, 2.24) is 5.32 Å². The molecule has 4 heteroatoms. The topological polar surface area (TPSA) is 52.9 Å². The molecule has 0 saturated heterocycles. The van der Waals surface area contributed by atoms with Crippen LogP contribution in [0.4, 0.5) is 0 Å². The molecule has 0 aliphatic carbocycles. The van der Waals surface area contributed by atoms with Gasteiger partial charge in [-0.3, -0.25) is 4.21 Å². The zero-order valence-corrected chi connectivity index (χ0v) is 11.3. The van der Waals surface area contributed by atoms with Gasteiger partial charge in [-0.2, -0.15) is 5.26 Å². The van der Waals surface area contributed by atoms with E-state index in [9.17, 15) is 4.21 Å². The normalized spacial score (nSPS) is 14.0. The van der Waals surface area contributed by atoms with Gasteiger partial charge in [-0.25, -0.2) is 0 Å². The Morgan fingerprint density at radius 1 is 1.53 bits per heavy atom. The van der Waals surface area contributed by atoms with E-state index in [1.165, 1.54) is 5.56 Å². The second kappa shape index (κ2) is 6.53. The smallest absolute Gasteiger partial charge is 0.0991 e. The fourth-order valence-electron chi connectivity index (χ4n) is 1.66. The molecule has 0 saturated carbocycles. The molecule has 0 spiro atoms. The number of benzene rings is 1. The summed E-state index contributed by atoms with van der Waals surface area (Å²) in [5.74, 6) is 0.662. The van der Waals surface area contributed by atoms with Crippen LogP contribution in [-0.4, -0.2) is 22.3 Å². The first-order chi connectivity index (χ1) is 8.02. The molecule has 0 aliphatic heterocycles. The summed E-state index contributed by atoms with van der Waals surface area (Å²) in [5.41, 5.74) is 2.98. The summed E-state index contributed by atoms with van der Waals surface area (Å²) < 4.78 is 11.1. The Morgan fingerprint density at radius 3 is 2.76 bits per heavy atom. The van der Waals surface area contributed by atoms with E-state index in [1.54, 1.807) is 6.26 Å². The van der Waals surface area contributed by atoms with Crippen molar-refractivity contribution in [2.45, 2.75) is 26.4 Å². The van der Waals surface area contributed by atoms with Gasteiger partial charge in [0.1, 0.15) is 0 Å². The van der Waals surface area contributed by atoms with Crippen molar-refractivity contribution in [3.63, 3.8) is 0 Å². The van der Waals surface area contributed by atoms with Crippen molar-refractivity contribution >= 4 is 10.8 Å². The fourth-order valence-corrected chi connectivity index (χ4v) is 2.48. The third kappa shape index (κ3) is 4.68. The van der Waals surface area contributed by atoms with E-state index in [4.69, 9.17) is 5.26 Å². The Labute approximate surface area is 105 Å². The molecule has 1 aromatic carbocycles. The van der Waals surface area contributed by atoms with Gasteiger partial charge in [0.15, 0.2) is 0 Å². The highest BCUT2D eigenvalue weighted by atomic mass is 32.2. The van der Waals surface area contributed by atoms with Crippen molar-refractivity contribution < 1.29 is 4.21 Å². The molecule has 2 atom stereocenters. The van der Waals surface area contributed by atoms with Crippen molar-refractivity contribution in [3.8, 4) is 6.07 Å². The van der Waals surface area contributed by atoms with Gasteiger partial charge in [0.2, 0.25) is 0 Å². The molecule has 0 heterocycles. The van der Waals surface area contributed by atoms with Gasteiger partial charge < -0.3 is 5.32 Å². The van der Waals surface area contributed by atoms with E-state index < -0.39 is 10.8 Å². The largest absolute Gasteiger partial charge is 0.309 e. The molecule has 17 heavy (non-hydrogen) atoms. The Bertz CT molecular complexity index is 451. The third-order valence-corrected chi connectivity index (χ3v) is 3.57. The molecule has 0 aliphatic rings. The number of rotatable bonds is 5. The van der Waals surface area contributed by atoms with Gasteiger partial charge in [0.05, 0.1) is 11.6 Å². The second-order valence-corrected chi connectivity index (χ2v) is 5.75. The van der Waals surface area contributed by atoms with E-state index in [1.807, 2.05) is 32.0 Å². The molecular weight excluding hydrogens is 232 g/mol. The predicted molar refractivity (Wildman–Crippen MR) is 71.1 cm³/mol. The van der Waals surface area contributed by atoms with Crippen LogP contribution in [0, 0.1) is 18.3 Å². The molecule has 3 nitrogen and oxygen atoms in total. The fraction of sp³-hybridized carbons (Fsp3) is 0.462. The van der Waals surface area contributed by atoms with Gasteiger partial charge in [-0.1, -0.05) is 6.07 Å². The molecule has 1 rings (SSSR count). The number of nitrogens with zero attached hydrogens (tertiary/aromatic N) is 1. The minimum absolute atomic E-state index is 0.232. The molecule has 1 N–H and O–H groups in total. The van der Waals surface area contributed by atoms with Gasteiger partial charge in [0, 0.05) is 35.4 Å². The summed E-state index contributed by atoms with van der Waals surface area (Å²) in [4.78, 5) is 0. The Hall–Kier alpha value is -1.18. The average molecular weight is 250 g/mol. The molecule has 0 radical (unpaired) electrons. The summed E-state index contributed by atoms with van der Waals surface area (Å²) in [7, 11) is -0.770. The van der Waals surface area contributed by atoms with Gasteiger partial charge in [-0.05, 0) is 37.1 Å². The summed E-state index contributed by atoms with van der Waals surface area (Å²) in [6.07, 6.45) is 1.71. The van der Waals surface area contributed by atoms with Gasteiger partial charge in [-0.15, -0.1) is 0 Å². The SMILES string of the molecule is Cc1cc(C#N)ccc1CNC(C)CS(C)=O. The maximum Gasteiger partial charge on any atom is 0.0991 e. The van der Waals surface area contributed by atoms with Crippen molar-refractivity contribution in [1.29, 1.82) is 5.26 Å². The number of aryl methyl sites for hydroxylation is 1. The van der Waals surface area contributed by atoms with Crippen molar-refractivity contribution in [2.24, 2.45) is 0 Å².